The van der Waals surface area contributed by atoms with E-state index in [4.69, 9.17) is 5.73 Å². The van der Waals surface area contributed by atoms with E-state index in [1.165, 1.54) is 45.6 Å². The normalized spacial score (nSPS) is 24.6. The Balaban J connectivity index is 1.58. The average molecular weight is 259 g/mol. The van der Waals surface area contributed by atoms with E-state index in [1.54, 1.807) is 11.1 Å². The van der Waals surface area contributed by atoms with Gasteiger partial charge in [-0.05, 0) is 43.5 Å². The maximum Gasteiger partial charge on any atom is 0.0355 e. The number of hydrogen-bond donors (Lipinski definition) is 1. The first-order valence-electron chi connectivity index (χ1n) is 7.63. The first-order valence-corrected chi connectivity index (χ1v) is 7.63. The summed E-state index contributed by atoms with van der Waals surface area (Å²) in [7, 11) is 0. The Labute approximate surface area is 116 Å². The number of aryl methyl sites for hydroxylation is 1. The molecule has 0 unspecified atom stereocenters. The highest BCUT2D eigenvalue weighted by Gasteiger charge is 2.29. The summed E-state index contributed by atoms with van der Waals surface area (Å²) in [6.07, 6.45) is 3.70. The Hall–Kier alpha value is -0.900. The highest BCUT2D eigenvalue weighted by molar-refractivity contribution is 5.34. The Morgan fingerprint density at radius 2 is 1.89 bits per heavy atom. The molecule has 0 aromatic heterocycles. The van der Waals surface area contributed by atoms with E-state index in [0.717, 1.165) is 13.0 Å². The van der Waals surface area contributed by atoms with Crippen molar-refractivity contribution in [2.75, 3.05) is 39.3 Å². The molecule has 1 aromatic carbocycles. The number of fused-ring (bicyclic) bond motifs is 1. The number of hydrogen-bond acceptors (Lipinski definition) is 3. The molecule has 1 aliphatic heterocycles. The van der Waals surface area contributed by atoms with Crippen molar-refractivity contribution >= 4 is 0 Å². The largest absolute Gasteiger partial charge is 0.330 e. The Kier molecular flexibility index (Phi) is 4.16. The summed E-state index contributed by atoms with van der Waals surface area (Å²) in [5.74, 6) is 0. The standard InChI is InChI=1S/C16H25N3/c17-8-3-9-18-10-12-19(13-11-18)16-7-6-14-4-1-2-5-15(14)16/h1-2,4-5,16H,3,6-13,17H2/t16-/m0/s1. The van der Waals surface area contributed by atoms with Crippen LogP contribution < -0.4 is 5.73 Å². The monoisotopic (exact) mass is 259 g/mol. The number of piperazine rings is 1. The highest BCUT2D eigenvalue weighted by atomic mass is 15.3. The van der Waals surface area contributed by atoms with Gasteiger partial charge in [0.05, 0.1) is 0 Å². The Bertz CT molecular complexity index is 410. The second kappa shape index (κ2) is 6.04. The van der Waals surface area contributed by atoms with Crippen LogP contribution in [0, 0.1) is 0 Å². The molecule has 0 bridgehead atoms. The molecule has 1 saturated heterocycles. The van der Waals surface area contributed by atoms with E-state index >= 15 is 0 Å². The van der Waals surface area contributed by atoms with Crippen LogP contribution in [-0.4, -0.2) is 49.1 Å². The van der Waals surface area contributed by atoms with Gasteiger partial charge in [0.25, 0.3) is 0 Å². The summed E-state index contributed by atoms with van der Waals surface area (Å²) in [6.45, 7) is 6.83. The van der Waals surface area contributed by atoms with Crippen LogP contribution in [0.1, 0.15) is 30.0 Å². The maximum absolute atomic E-state index is 5.59. The molecule has 3 heteroatoms. The zero-order chi connectivity index (χ0) is 13.1. The van der Waals surface area contributed by atoms with Crippen LogP contribution in [-0.2, 0) is 6.42 Å². The minimum atomic E-state index is 0.674. The Morgan fingerprint density at radius 1 is 1.11 bits per heavy atom. The van der Waals surface area contributed by atoms with E-state index in [0.29, 0.717) is 6.04 Å². The van der Waals surface area contributed by atoms with Crippen LogP contribution in [0.4, 0.5) is 0 Å². The Morgan fingerprint density at radius 3 is 2.68 bits per heavy atom. The molecule has 19 heavy (non-hydrogen) atoms. The molecular formula is C16H25N3. The summed E-state index contributed by atoms with van der Waals surface area (Å²) >= 11 is 0. The van der Waals surface area contributed by atoms with Crippen molar-refractivity contribution in [3.63, 3.8) is 0 Å². The average Bonchev–Trinajstić information content (AvgIpc) is 2.90. The molecule has 1 fully saturated rings. The van der Waals surface area contributed by atoms with Crippen LogP contribution in [0.25, 0.3) is 0 Å². The van der Waals surface area contributed by atoms with Crippen molar-refractivity contribution < 1.29 is 0 Å². The molecule has 0 radical (unpaired) electrons. The lowest BCUT2D eigenvalue weighted by molar-refractivity contribution is 0.0957. The van der Waals surface area contributed by atoms with Crippen molar-refractivity contribution in [3.8, 4) is 0 Å². The fraction of sp³-hybridized carbons (Fsp3) is 0.625. The number of nitrogens with zero attached hydrogens (tertiary/aromatic N) is 2. The van der Waals surface area contributed by atoms with Crippen molar-refractivity contribution in [3.05, 3.63) is 35.4 Å². The van der Waals surface area contributed by atoms with Crippen LogP contribution in [0.15, 0.2) is 24.3 Å². The molecule has 0 amide bonds. The fourth-order valence-electron chi connectivity index (χ4n) is 3.53. The quantitative estimate of drug-likeness (QED) is 0.892. The van der Waals surface area contributed by atoms with E-state index in [9.17, 15) is 0 Å². The van der Waals surface area contributed by atoms with E-state index in [2.05, 4.69) is 34.1 Å². The first kappa shape index (κ1) is 13.1. The van der Waals surface area contributed by atoms with Gasteiger partial charge < -0.3 is 10.6 Å². The molecule has 0 saturated carbocycles. The lowest BCUT2D eigenvalue weighted by Crippen LogP contribution is -2.47. The lowest BCUT2D eigenvalue weighted by Gasteiger charge is -2.38. The van der Waals surface area contributed by atoms with Crippen LogP contribution in [0.3, 0.4) is 0 Å². The highest BCUT2D eigenvalue weighted by Crippen LogP contribution is 2.35. The zero-order valence-electron chi connectivity index (χ0n) is 11.7. The van der Waals surface area contributed by atoms with Gasteiger partial charge in [0.15, 0.2) is 0 Å². The van der Waals surface area contributed by atoms with E-state index < -0.39 is 0 Å². The molecule has 1 aromatic rings. The predicted octanol–water partition coefficient (Wildman–Crippen LogP) is 1.64. The van der Waals surface area contributed by atoms with Gasteiger partial charge in [0.1, 0.15) is 0 Å². The number of benzene rings is 1. The van der Waals surface area contributed by atoms with Crippen LogP contribution in [0.5, 0.6) is 0 Å². The molecule has 104 valence electrons. The molecule has 2 N–H and O–H groups in total. The third-order valence-electron chi connectivity index (χ3n) is 4.63. The molecule has 1 heterocycles. The van der Waals surface area contributed by atoms with Gasteiger partial charge in [0, 0.05) is 32.2 Å². The van der Waals surface area contributed by atoms with Gasteiger partial charge in [-0.15, -0.1) is 0 Å². The van der Waals surface area contributed by atoms with Gasteiger partial charge in [-0.3, -0.25) is 4.90 Å². The predicted molar refractivity (Wildman–Crippen MR) is 79.2 cm³/mol. The molecule has 3 nitrogen and oxygen atoms in total. The van der Waals surface area contributed by atoms with E-state index in [-0.39, 0.29) is 0 Å². The van der Waals surface area contributed by atoms with Crippen molar-refractivity contribution in [1.29, 1.82) is 0 Å². The van der Waals surface area contributed by atoms with Gasteiger partial charge in [0.2, 0.25) is 0 Å². The van der Waals surface area contributed by atoms with E-state index in [1.807, 2.05) is 0 Å². The topological polar surface area (TPSA) is 32.5 Å². The summed E-state index contributed by atoms with van der Waals surface area (Å²) in [5, 5.41) is 0. The minimum absolute atomic E-state index is 0.674. The second-order valence-corrected chi connectivity index (χ2v) is 5.77. The first-order chi connectivity index (χ1) is 9.38. The molecule has 2 aliphatic rings. The fourth-order valence-corrected chi connectivity index (χ4v) is 3.53. The molecule has 0 spiro atoms. The number of nitrogens with two attached hydrogens (primary N) is 1. The smallest absolute Gasteiger partial charge is 0.0355 e. The summed E-state index contributed by atoms with van der Waals surface area (Å²) in [4.78, 5) is 5.25. The third kappa shape index (κ3) is 2.83. The third-order valence-corrected chi connectivity index (χ3v) is 4.63. The SMILES string of the molecule is NCCCN1CCN([C@H]2CCc3ccccc32)CC1. The molecule has 1 aliphatic carbocycles. The summed E-state index contributed by atoms with van der Waals surface area (Å²) in [6, 6.07) is 9.66. The van der Waals surface area contributed by atoms with Gasteiger partial charge in [-0.25, -0.2) is 0 Å². The van der Waals surface area contributed by atoms with Crippen molar-refractivity contribution in [2.45, 2.75) is 25.3 Å². The zero-order valence-corrected chi connectivity index (χ0v) is 11.7. The summed E-state index contributed by atoms with van der Waals surface area (Å²) < 4.78 is 0. The van der Waals surface area contributed by atoms with Crippen molar-refractivity contribution in [1.82, 2.24) is 9.80 Å². The van der Waals surface area contributed by atoms with Crippen LogP contribution in [0.2, 0.25) is 0 Å². The molecule has 3 rings (SSSR count). The van der Waals surface area contributed by atoms with Crippen LogP contribution >= 0.6 is 0 Å². The van der Waals surface area contributed by atoms with Gasteiger partial charge >= 0.3 is 0 Å². The minimum Gasteiger partial charge on any atom is -0.330 e. The van der Waals surface area contributed by atoms with Gasteiger partial charge in [-0.2, -0.15) is 0 Å². The summed E-state index contributed by atoms with van der Waals surface area (Å²) in [5.41, 5.74) is 8.74. The second-order valence-electron chi connectivity index (χ2n) is 5.77. The molecule has 1 atom stereocenters. The number of rotatable bonds is 4. The maximum atomic E-state index is 5.59. The molecular weight excluding hydrogens is 234 g/mol. The van der Waals surface area contributed by atoms with Gasteiger partial charge in [-0.1, -0.05) is 24.3 Å². The van der Waals surface area contributed by atoms with Crippen molar-refractivity contribution in [2.24, 2.45) is 5.73 Å². The lowest BCUT2D eigenvalue weighted by atomic mass is 10.1.